The minimum absolute atomic E-state index is 0.0608. The Hall–Kier alpha value is -2.18. The molecule has 0 unspecified atom stereocenters. The molecule has 3 heterocycles. The molecule has 27 heavy (non-hydrogen) atoms. The number of fused-ring (bicyclic) bond motifs is 1. The van der Waals surface area contributed by atoms with Crippen LogP contribution < -0.4 is 0 Å². The fourth-order valence-corrected chi connectivity index (χ4v) is 4.20. The third kappa shape index (κ3) is 4.06. The van der Waals surface area contributed by atoms with E-state index in [0.717, 1.165) is 44.8 Å². The average molecular weight is 368 g/mol. The molecule has 0 radical (unpaired) electrons. The summed E-state index contributed by atoms with van der Waals surface area (Å²) in [7, 11) is 3.98. The molecule has 1 fully saturated rings. The predicted molar refractivity (Wildman–Crippen MR) is 103 cm³/mol. The van der Waals surface area contributed by atoms with E-state index in [1.807, 2.05) is 7.05 Å². The summed E-state index contributed by atoms with van der Waals surface area (Å²) in [6.07, 6.45) is 3.40. The van der Waals surface area contributed by atoms with E-state index in [1.165, 1.54) is 17.5 Å². The van der Waals surface area contributed by atoms with E-state index in [-0.39, 0.29) is 5.91 Å². The molecule has 0 N–H and O–H groups in total. The SMILES string of the molecule is CN(C[C@H]1CCCN1C)C(=O)c1cc(CN2CCc3ccccc3C2)on1. The van der Waals surface area contributed by atoms with Gasteiger partial charge in [0, 0.05) is 38.8 Å². The number of rotatable bonds is 5. The first kappa shape index (κ1) is 18.2. The first-order valence-electron chi connectivity index (χ1n) is 9.80. The Bertz CT molecular complexity index is 803. The Kier molecular flexibility index (Phi) is 5.27. The maximum atomic E-state index is 12.7. The third-order valence-electron chi connectivity index (χ3n) is 5.87. The Morgan fingerprint density at radius 3 is 2.89 bits per heavy atom. The van der Waals surface area contributed by atoms with Crippen molar-refractivity contribution in [3.63, 3.8) is 0 Å². The lowest BCUT2D eigenvalue weighted by Gasteiger charge is -2.27. The molecule has 6 nitrogen and oxygen atoms in total. The number of amides is 1. The number of likely N-dealkylation sites (N-methyl/N-ethyl adjacent to an activating group) is 2. The van der Waals surface area contributed by atoms with Crippen LogP contribution in [-0.2, 0) is 19.5 Å². The second-order valence-corrected chi connectivity index (χ2v) is 7.87. The van der Waals surface area contributed by atoms with Crippen molar-refractivity contribution in [3.8, 4) is 0 Å². The van der Waals surface area contributed by atoms with Gasteiger partial charge < -0.3 is 14.3 Å². The minimum Gasteiger partial charge on any atom is -0.359 e. The standard InChI is InChI=1S/C21H28N4O2/c1-23-10-5-8-18(23)14-24(2)21(26)20-12-19(27-22-20)15-25-11-9-16-6-3-4-7-17(16)13-25/h3-4,6-7,12,18H,5,8-11,13-15H2,1-2H3/t18-/m1/s1. The van der Waals surface area contributed by atoms with Gasteiger partial charge in [-0.2, -0.15) is 0 Å². The zero-order chi connectivity index (χ0) is 18.8. The molecule has 1 amide bonds. The van der Waals surface area contributed by atoms with Crippen molar-refractivity contribution >= 4 is 5.91 Å². The zero-order valence-electron chi connectivity index (χ0n) is 16.2. The van der Waals surface area contributed by atoms with Gasteiger partial charge in [0.25, 0.3) is 5.91 Å². The summed E-state index contributed by atoms with van der Waals surface area (Å²) in [5, 5.41) is 4.03. The highest BCUT2D eigenvalue weighted by molar-refractivity contribution is 5.92. The maximum Gasteiger partial charge on any atom is 0.275 e. The Morgan fingerprint density at radius 1 is 1.30 bits per heavy atom. The number of hydrogen-bond acceptors (Lipinski definition) is 5. The van der Waals surface area contributed by atoms with Crippen molar-refractivity contribution < 1.29 is 9.32 Å². The van der Waals surface area contributed by atoms with Gasteiger partial charge in [-0.25, -0.2) is 0 Å². The number of aromatic nitrogens is 1. The number of benzene rings is 1. The van der Waals surface area contributed by atoms with E-state index >= 15 is 0 Å². The molecule has 2 aliphatic rings. The van der Waals surface area contributed by atoms with Gasteiger partial charge in [0.15, 0.2) is 11.5 Å². The third-order valence-corrected chi connectivity index (χ3v) is 5.87. The second kappa shape index (κ2) is 7.82. The lowest BCUT2D eigenvalue weighted by Crippen LogP contribution is -2.39. The lowest BCUT2D eigenvalue weighted by molar-refractivity contribution is 0.0751. The molecule has 1 saturated heterocycles. The Morgan fingerprint density at radius 2 is 2.11 bits per heavy atom. The Balaban J connectivity index is 1.35. The summed E-state index contributed by atoms with van der Waals surface area (Å²) in [4.78, 5) is 19.1. The first-order chi connectivity index (χ1) is 13.1. The summed E-state index contributed by atoms with van der Waals surface area (Å²) in [6.45, 7) is 4.44. The topological polar surface area (TPSA) is 52.8 Å². The van der Waals surface area contributed by atoms with Crippen LogP contribution in [0.15, 0.2) is 34.9 Å². The number of hydrogen-bond donors (Lipinski definition) is 0. The van der Waals surface area contributed by atoms with Gasteiger partial charge in [-0.15, -0.1) is 0 Å². The van der Waals surface area contributed by atoms with Gasteiger partial charge in [-0.3, -0.25) is 9.69 Å². The minimum atomic E-state index is -0.0608. The molecule has 0 spiro atoms. The van der Waals surface area contributed by atoms with Crippen molar-refractivity contribution in [2.45, 2.75) is 38.4 Å². The quantitative estimate of drug-likeness (QED) is 0.811. The van der Waals surface area contributed by atoms with Crippen molar-refractivity contribution in [3.05, 3.63) is 52.9 Å². The highest BCUT2D eigenvalue weighted by Gasteiger charge is 2.26. The van der Waals surface area contributed by atoms with Gasteiger partial charge in [-0.05, 0) is 44.0 Å². The number of carbonyl (C=O) groups is 1. The zero-order valence-corrected chi connectivity index (χ0v) is 16.2. The summed E-state index contributed by atoms with van der Waals surface area (Å²) in [6, 6.07) is 10.8. The first-order valence-corrected chi connectivity index (χ1v) is 9.80. The molecule has 6 heteroatoms. The largest absolute Gasteiger partial charge is 0.359 e. The summed E-state index contributed by atoms with van der Waals surface area (Å²) in [5.74, 6) is 0.693. The summed E-state index contributed by atoms with van der Waals surface area (Å²) in [5.41, 5.74) is 3.21. The Labute approximate surface area is 160 Å². The van der Waals surface area contributed by atoms with Crippen molar-refractivity contribution in [1.29, 1.82) is 0 Å². The normalized spacial score (nSPS) is 20.6. The van der Waals surface area contributed by atoms with Gasteiger partial charge in [0.1, 0.15) is 0 Å². The maximum absolute atomic E-state index is 12.7. The van der Waals surface area contributed by atoms with E-state index in [2.05, 4.69) is 46.3 Å². The fraction of sp³-hybridized carbons (Fsp3) is 0.524. The van der Waals surface area contributed by atoms with Crippen molar-refractivity contribution in [1.82, 2.24) is 19.9 Å². The molecule has 2 aliphatic heterocycles. The number of carbonyl (C=O) groups excluding carboxylic acids is 1. The van der Waals surface area contributed by atoms with Crippen molar-refractivity contribution in [2.75, 3.05) is 33.7 Å². The molecule has 2 aromatic rings. The van der Waals surface area contributed by atoms with Crippen molar-refractivity contribution in [2.24, 2.45) is 0 Å². The number of likely N-dealkylation sites (tertiary alicyclic amines) is 1. The monoisotopic (exact) mass is 368 g/mol. The van der Waals surface area contributed by atoms with Gasteiger partial charge in [0.2, 0.25) is 0 Å². The highest BCUT2D eigenvalue weighted by atomic mass is 16.5. The molecular weight excluding hydrogens is 340 g/mol. The van der Waals surface area contributed by atoms with Gasteiger partial charge in [-0.1, -0.05) is 29.4 Å². The molecule has 0 saturated carbocycles. The molecule has 144 valence electrons. The summed E-state index contributed by atoms with van der Waals surface area (Å²) >= 11 is 0. The predicted octanol–water partition coefficient (Wildman–Crippen LogP) is 2.40. The van der Waals surface area contributed by atoms with E-state index in [1.54, 1.807) is 11.0 Å². The molecule has 0 bridgehead atoms. The second-order valence-electron chi connectivity index (χ2n) is 7.87. The van der Waals surface area contributed by atoms with E-state index in [9.17, 15) is 4.79 Å². The van der Waals surface area contributed by atoms with Gasteiger partial charge in [0.05, 0.1) is 6.54 Å². The van der Waals surface area contributed by atoms with Crippen LogP contribution in [0.1, 0.15) is 40.2 Å². The van der Waals surface area contributed by atoms with Crippen LogP contribution in [-0.4, -0.2) is 65.5 Å². The fourth-order valence-electron chi connectivity index (χ4n) is 4.20. The van der Waals surface area contributed by atoms with Crippen LogP contribution in [0.4, 0.5) is 0 Å². The van der Waals surface area contributed by atoms with Crippen LogP contribution in [0, 0.1) is 0 Å². The van der Waals surface area contributed by atoms with Crippen LogP contribution in [0.25, 0.3) is 0 Å². The molecule has 1 aromatic heterocycles. The molecule has 4 rings (SSSR count). The van der Waals surface area contributed by atoms with Crippen LogP contribution >= 0.6 is 0 Å². The van der Waals surface area contributed by atoms with E-state index in [0.29, 0.717) is 18.3 Å². The lowest BCUT2D eigenvalue weighted by atomic mass is 10.00. The highest BCUT2D eigenvalue weighted by Crippen LogP contribution is 2.21. The molecule has 0 aliphatic carbocycles. The summed E-state index contributed by atoms with van der Waals surface area (Å²) < 4.78 is 5.47. The van der Waals surface area contributed by atoms with Crippen LogP contribution in [0.5, 0.6) is 0 Å². The van der Waals surface area contributed by atoms with E-state index in [4.69, 9.17) is 4.52 Å². The molecule has 1 aromatic carbocycles. The molecular formula is C21H28N4O2. The van der Waals surface area contributed by atoms with Gasteiger partial charge >= 0.3 is 0 Å². The average Bonchev–Trinajstić information content (AvgIpc) is 3.30. The number of nitrogens with zero attached hydrogens (tertiary/aromatic N) is 4. The van der Waals surface area contributed by atoms with Crippen LogP contribution in [0.2, 0.25) is 0 Å². The van der Waals surface area contributed by atoms with Crippen LogP contribution in [0.3, 0.4) is 0 Å². The van der Waals surface area contributed by atoms with E-state index < -0.39 is 0 Å². The smallest absolute Gasteiger partial charge is 0.275 e. The molecule has 1 atom stereocenters.